The Kier molecular flexibility index (Phi) is 11.5. The van der Waals surface area contributed by atoms with Crippen LogP contribution >= 0.6 is 0 Å². The van der Waals surface area contributed by atoms with Crippen molar-refractivity contribution in [2.75, 3.05) is 20.6 Å². The Bertz CT molecular complexity index is 823. The van der Waals surface area contributed by atoms with Gasteiger partial charge in [-0.3, -0.25) is 14.4 Å². The number of aliphatic hydroxyl groups excluding tert-OH is 1. The number of likely N-dealkylation sites (N-methyl/N-ethyl adjacent to an activating group) is 1. The fraction of sp³-hybridized carbons (Fsp3) is 0.583. The number of carbonyl (C=O) groups excluding carboxylic acids is 4. The van der Waals surface area contributed by atoms with Gasteiger partial charge in [0, 0.05) is 14.1 Å². The van der Waals surface area contributed by atoms with Crippen molar-refractivity contribution in [1.82, 2.24) is 20.9 Å². The molecular weight excluding hydrogens is 440 g/mol. The molecular formula is C24H38N4O6. The number of benzene rings is 1. The highest BCUT2D eigenvalue weighted by atomic mass is 16.6. The highest BCUT2D eigenvalue weighted by Crippen LogP contribution is 2.15. The first-order valence-electron chi connectivity index (χ1n) is 11.4. The maximum atomic E-state index is 12.5. The van der Waals surface area contributed by atoms with Gasteiger partial charge in [-0.05, 0) is 32.8 Å². The highest BCUT2D eigenvalue weighted by molar-refractivity contribution is 5.91. The average Bonchev–Trinajstić information content (AvgIpc) is 2.76. The van der Waals surface area contributed by atoms with Gasteiger partial charge in [0.2, 0.25) is 11.8 Å². The summed E-state index contributed by atoms with van der Waals surface area (Å²) in [5.74, 6) is -1.75. The van der Waals surface area contributed by atoms with Crippen LogP contribution in [0.3, 0.4) is 0 Å². The van der Waals surface area contributed by atoms with Gasteiger partial charge in [0.05, 0.1) is 12.6 Å². The van der Waals surface area contributed by atoms with E-state index in [2.05, 4.69) is 16.0 Å². The van der Waals surface area contributed by atoms with E-state index in [9.17, 15) is 24.3 Å². The molecule has 1 aromatic rings. The van der Waals surface area contributed by atoms with Crippen LogP contribution in [0.5, 0.6) is 0 Å². The van der Waals surface area contributed by atoms with Gasteiger partial charge in [-0.2, -0.15) is 0 Å². The number of unbranched alkanes of at least 4 members (excludes halogenated alkanes) is 1. The van der Waals surface area contributed by atoms with Crippen molar-refractivity contribution in [2.24, 2.45) is 0 Å². The lowest BCUT2D eigenvalue weighted by atomic mass is 10.0. The van der Waals surface area contributed by atoms with Crippen LogP contribution in [-0.4, -0.2) is 72.2 Å². The molecule has 0 bridgehead atoms. The fourth-order valence-corrected chi connectivity index (χ4v) is 3.05. The smallest absolute Gasteiger partial charge is 0.407 e. The predicted molar refractivity (Wildman–Crippen MR) is 128 cm³/mol. The van der Waals surface area contributed by atoms with Gasteiger partial charge in [-0.1, -0.05) is 50.1 Å². The summed E-state index contributed by atoms with van der Waals surface area (Å²) in [6.07, 6.45) is -0.517. The number of hydrogen-bond donors (Lipinski definition) is 4. The minimum Gasteiger partial charge on any atom is -0.444 e. The lowest BCUT2D eigenvalue weighted by Gasteiger charge is -2.26. The van der Waals surface area contributed by atoms with Crippen LogP contribution in [0, 0.1) is 0 Å². The first-order valence-corrected chi connectivity index (χ1v) is 11.4. The number of alkyl carbamates (subject to hydrolysis) is 1. The molecule has 1 rings (SSSR count). The van der Waals surface area contributed by atoms with Gasteiger partial charge in [-0.15, -0.1) is 0 Å². The zero-order chi connectivity index (χ0) is 25.9. The standard InChI is InChI=1S/C24H38N4O6/c1-7-8-14-17(26-23(33)34-24(2,3)4)20(30)21(31)25-15-18(29)27-19(22(32)28(5)6)16-12-10-9-11-13-16/h9-13,17,19-20,30H,7-8,14-15H2,1-6H3,(H,25,31)(H,26,33)(H,27,29)/t17?,19-,20?/m0/s1. The summed E-state index contributed by atoms with van der Waals surface area (Å²) in [6.45, 7) is 6.61. The van der Waals surface area contributed by atoms with Crippen molar-refractivity contribution >= 4 is 23.8 Å². The van der Waals surface area contributed by atoms with E-state index in [0.29, 0.717) is 18.4 Å². The van der Waals surface area contributed by atoms with Crippen LogP contribution in [0.2, 0.25) is 0 Å². The van der Waals surface area contributed by atoms with E-state index >= 15 is 0 Å². The number of amides is 4. The Balaban J connectivity index is 2.77. The molecule has 0 aromatic heterocycles. The van der Waals surface area contributed by atoms with E-state index in [1.165, 1.54) is 4.90 Å². The van der Waals surface area contributed by atoms with Crippen LogP contribution in [0.1, 0.15) is 58.6 Å². The van der Waals surface area contributed by atoms with Gasteiger partial charge < -0.3 is 30.7 Å². The molecule has 0 aliphatic heterocycles. The number of rotatable bonds is 11. The zero-order valence-electron chi connectivity index (χ0n) is 20.9. The fourth-order valence-electron chi connectivity index (χ4n) is 3.05. The predicted octanol–water partition coefficient (Wildman–Crippen LogP) is 1.49. The van der Waals surface area contributed by atoms with E-state index < -0.39 is 48.2 Å². The van der Waals surface area contributed by atoms with E-state index in [1.54, 1.807) is 65.2 Å². The molecule has 10 nitrogen and oxygen atoms in total. The molecule has 0 radical (unpaired) electrons. The van der Waals surface area contributed by atoms with Crippen LogP contribution in [0.4, 0.5) is 4.79 Å². The SMILES string of the molecule is CCCCC(NC(=O)OC(C)(C)C)C(O)C(=O)NCC(=O)N[C@H](C(=O)N(C)C)c1ccccc1. The van der Waals surface area contributed by atoms with Crippen molar-refractivity contribution in [1.29, 1.82) is 0 Å². The Morgan fingerprint density at radius 1 is 1.06 bits per heavy atom. The van der Waals surface area contributed by atoms with E-state index in [-0.39, 0.29) is 5.91 Å². The number of aliphatic hydroxyl groups is 1. The minimum absolute atomic E-state index is 0.327. The molecule has 4 amide bonds. The van der Waals surface area contributed by atoms with Crippen molar-refractivity contribution in [3.8, 4) is 0 Å². The summed E-state index contributed by atoms with van der Waals surface area (Å²) >= 11 is 0. The second-order valence-electron chi connectivity index (χ2n) is 9.20. The third-order valence-corrected chi connectivity index (χ3v) is 4.77. The number of carbonyl (C=O) groups is 4. The largest absolute Gasteiger partial charge is 0.444 e. The van der Waals surface area contributed by atoms with Crippen molar-refractivity contribution in [3.05, 3.63) is 35.9 Å². The third-order valence-electron chi connectivity index (χ3n) is 4.77. The first kappa shape index (κ1) is 28.9. The minimum atomic E-state index is -1.58. The number of ether oxygens (including phenoxy) is 1. The monoisotopic (exact) mass is 478 g/mol. The molecule has 34 heavy (non-hydrogen) atoms. The molecule has 0 aliphatic rings. The average molecular weight is 479 g/mol. The van der Waals surface area contributed by atoms with Gasteiger partial charge in [-0.25, -0.2) is 4.79 Å². The summed E-state index contributed by atoms with van der Waals surface area (Å²) in [5, 5.41) is 18.0. The number of nitrogens with one attached hydrogen (secondary N) is 3. The van der Waals surface area contributed by atoms with Crippen molar-refractivity contribution < 1.29 is 29.0 Å². The Morgan fingerprint density at radius 3 is 2.21 bits per heavy atom. The molecule has 10 heteroatoms. The van der Waals surface area contributed by atoms with Gasteiger partial charge in [0.25, 0.3) is 5.91 Å². The Labute approximate surface area is 201 Å². The molecule has 1 aromatic carbocycles. The topological polar surface area (TPSA) is 137 Å². The summed E-state index contributed by atoms with van der Waals surface area (Å²) in [5.41, 5.74) is -0.133. The summed E-state index contributed by atoms with van der Waals surface area (Å²) < 4.78 is 5.21. The molecule has 0 saturated heterocycles. The van der Waals surface area contributed by atoms with Crippen LogP contribution in [0.25, 0.3) is 0 Å². The van der Waals surface area contributed by atoms with Crippen LogP contribution in [0.15, 0.2) is 30.3 Å². The number of nitrogens with zero attached hydrogens (tertiary/aromatic N) is 1. The molecule has 0 fully saturated rings. The Morgan fingerprint density at radius 2 is 1.68 bits per heavy atom. The molecule has 190 valence electrons. The maximum Gasteiger partial charge on any atom is 0.407 e. The van der Waals surface area contributed by atoms with Crippen molar-refractivity contribution in [3.63, 3.8) is 0 Å². The number of hydrogen-bond acceptors (Lipinski definition) is 6. The molecule has 0 heterocycles. The maximum absolute atomic E-state index is 12.5. The second-order valence-corrected chi connectivity index (χ2v) is 9.20. The Hall–Kier alpha value is -3.14. The normalized spacial score (nSPS) is 13.7. The van der Waals surface area contributed by atoms with E-state index in [1.807, 2.05) is 6.92 Å². The highest BCUT2D eigenvalue weighted by Gasteiger charge is 2.30. The lowest BCUT2D eigenvalue weighted by molar-refractivity contribution is -0.135. The summed E-state index contributed by atoms with van der Waals surface area (Å²) in [6, 6.07) is 6.93. The molecule has 2 unspecified atom stereocenters. The van der Waals surface area contributed by atoms with Crippen molar-refractivity contribution in [2.45, 2.75) is 70.7 Å². The van der Waals surface area contributed by atoms with Crippen LogP contribution in [-0.2, 0) is 19.1 Å². The third kappa shape index (κ3) is 10.2. The van der Waals surface area contributed by atoms with Crippen LogP contribution < -0.4 is 16.0 Å². The molecule has 0 aliphatic carbocycles. The van der Waals surface area contributed by atoms with Gasteiger partial charge in [0.15, 0.2) is 6.10 Å². The lowest BCUT2D eigenvalue weighted by Crippen LogP contribution is -2.53. The molecule has 0 saturated carbocycles. The van der Waals surface area contributed by atoms with Gasteiger partial charge in [0.1, 0.15) is 11.6 Å². The first-order chi connectivity index (χ1) is 15.9. The van der Waals surface area contributed by atoms with E-state index in [0.717, 1.165) is 6.42 Å². The molecule has 3 atom stereocenters. The van der Waals surface area contributed by atoms with Gasteiger partial charge >= 0.3 is 6.09 Å². The second kappa shape index (κ2) is 13.5. The quantitative estimate of drug-likeness (QED) is 0.380. The summed E-state index contributed by atoms with van der Waals surface area (Å²) in [4.78, 5) is 51.0. The molecule has 4 N–H and O–H groups in total. The molecule has 0 spiro atoms. The zero-order valence-corrected chi connectivity index (χ0v) is 20.9. The van der Waals surface area contributed by atoms with E-state index in [4.69, 9.17) is 4.74 Å². The summed E-state index contributed by atoms with van der Waals surface area (Å²) in [7, 11) is 3.16.